The summed E-state index contributed by atoms with van der Waals surface area (Å²) in [6, 6.07) is 0.781. The molecule has 25 heavy (non-hydrogen) atoms. The number of aliphatic imine (C=N–C) groups is 1. The highest BCUT2D eigenvalue weighted by Gasteiger charge is 2.20. The summed E-state index contributed by atoms with van der Waals surface area (Å²) < 4.78 is 5.66. The highest BCUT2D eigenvalue weighted by Crippen LogP contribution is 2.28. The molecule has 2 saturated carbocycles. The quantitative estimate of drug-likeness (QED) is 0.213. The summed E-state index contributed by atoms with van der Waals surface area (Å²) in [4.78, 5) is 7.17. The fourth-order valence-electron chi connectivity index (χ4n) is 3.29. The zero-order chi connectivity index (χ0) is 17.0. The number of hydrogen-bond donors (Lipinski definition) is 2. The lowest BCUT2D eigenvalue weighted by Crippen LogP contribution is -2.43. The lowest BCUT2D eigenvalue weighted by atomic mass is 9.94. The molecule has 0 amide bonds. The van der Waals surface area contributed by atoms with Crippen LogP contribution in [0.25, 0.3) is 0 Å². The van der Waals surface area contributed by atoms with E-state index in [0.29, 0.717) is 0 Å². The molecule has 0 aliphatic heterocycles. The number of hydrogen-bond acceptors (Lipinski definition) is 3. The predicted octanol–water partition coefficient (Wildman–Crippen LogP) is 3.24. The molecule has 148 valence electrons. The summed E-state index contributed by atoms with van der Waals surface area (Å²) >= 11 is 0. The Labute approximate surface area is 171 Å². The Morgan fingerprint density at radius 3 is 2.56 bits per heavy atom. The van der Waals surface area contributed by atoms with Crippen LogP contribution in [0.2, 0.25) is 0 Å². The van der Waals surface area contributed by atoms with Gasteiger partial charge >= 0.3 is 0 Å². The summed E-state index contributed by atoms with van der Waals surface area (Å²) in [6.45, 7) is 7.68. The molecule has 0 saturated heterocycles. The van der Waals surface area contributed by atoms with Gasteiger partial charge in [0.15, 0.2) is 5.96 Å². The zero-order valence-electron chi connectivity index (χ0n) is 16.3. The molecule has 0 aromatic carbocycles. The lowest BCUT2D eigenvalue weighted by Gasteiger charge is -2.31. The molecule has 0 unspecified atom stereocenters. The van der Waals surface area contributed by atoms with Crippen molar-refractivity contribution in [2.75, 3.05) is 46.4 Å². The van der Waals surface area contributed by atoms with Gasteiger partial charge in [0.05, 0.1) is 0 Å². The van der Waals surface area contributed by atoms with Crippen LogP contribution in [0.3, 0.4) is 0 Å². The van der Waals surface area contributed by atoms with Crippen LogP contribution in [0.5, 0.6) is 0 Å². The summed E-state index contributed by atoms with van der Waals surface area (Å²) in [5, 5.41) is 6.80. The van der Waals surface area contributed by atoms with Crippen LogP contribution in [-0.2, 0) is 4.74 Å². The standard InChI is InChI=1S/C19H38N4O.HI/c1-3-20-19(21-12-7-15-24-16-17-10-11-17)22-13-14-23(2)18-8-5-4-6-9-18;/h17-18H,3-16H2,1-2H3,(H2,20,21,22);1H. The van der Waals surface area contributed by atoms with Crippen molar-refractivity contribution < 1.29 is 4.74 Å². The van der Waals surface area contributed by atoms with Gasteiger partial charge in [-0.2, -0.15) is 0 Å². The molecule has 0 atom stereocenters. The predicted molar refractivity (Wildman–Crippen MR) is 117 cm³/mol. The molecule has 0 aromatic rings. The topological polar surface area (TPSA) is 48.9 Å². The van der Waals surface area contributed by atoms with E-state index in [2.05, 4.69) is 34.5 Å². The van der Waals surface area contributed by atoms with Crippen molar-refractivity contribution >= 4 is 29.9 Å². The number of nitrogens with one attached hydrogen (secondary N) is 2. The van der Waals surface area contributed by atoms with E-state index in [9.17, 15) is 0 Å². The molecule has 0 heterocycles. The second-order valence-corrected chi connectivity index (χ2v) is 7.33. The monoisotopic (exact) mass is 466 g/mol. The van der Waals surface area contributed by atoms with Crippen LogP contribution in [0, 0.1) is 5.92 Å². The zero-order valence-corrected chi connectivity index (χ0v) is 18.6. The molecule has 0 radical (unpaired) electrons. The molecular formula is C19H39IN4O. The van der Waals surface area contributed by atoms with Crippen molar-refractivity contribution in [2.45, 2.75) is 64.3 Å². The van der Waals surface area contributed by atoms with E-state index < -0.39 is 0 Å². The second kappa shape index (κ2) is 14.0. The molecule has 2 N–H and O–H groups in total. The van der Waals surface area contributed by atoms with Gasteiger partial charge in [0.2, 0.25) is 0 Å². The Morgan fingerprint density at radius 2 is 1.88 bits per heavy atom. The fourth-order valence-corrected chi connectivity index (χ4v) is 3.29. The van der Waals surface area contributed by atoms with Gasteiger partial charge in [0.1, 0.15) is 0 Å². The van der Waals surface area contributed by atoms with E-state index in [0.717, 1.165) is 63.7 Å². The molecule has 2 fully saturated rings. The maximum absolute atomic E-state index is 5.66. The minimum atomic E-state index is 0. The van der Waals surface area contributed by atoms with E-state index in [-0.39, 0.29) is 24.0 Å². The van der Waals surface area contributed by atoms with Gasteiger partial charge in [0.25, 0.3) is 0 Å². The molecule has 2 aliphatic carbocycles. The molecule has 0 bridgehead atoms. The van der Waals surface area contributed by atoms with Gasteiger partial charge in [-0.25, -0.2) is 0 Å². The third-order valence-electron chi connectivity index (χ3n) is 5.07. The van der Waals surface area contributed by atoms with Crippen LogP contribution in [0.15, 0.2) is 4.99 Å². The van der Waals surface area contributed by atoms with E-state index >= 15 is 0 Å². The first-order chi connectivity index (χ1) is 11.8. The van der Waals surface area contributed by atoms with Crippen molar-refractivity contribution in [3.8, 4) is 0 Å². The number of nitrogens with zero attached hydrogens (tertiary/aromatic N) is 2. The molecule has 0 spiro atoms. The van der Waals surface area contributed by atoms with Crippen LogP contribution in [-0.4, -0.2) is 63.3 Å². The number of halogens is 1. The number of guanidine groups is 1. The van der Waals surface area contributed by atoms with Gasteiger partial charge in [-0.1, -0.05) is 19.3 Å². The Morgan fingerprint density at radius 1 is 1.12 bits per heavy atom. The lowest BCUT2D eigenvalue weighted by molar-refractivity contribution is 0.123. The maximum atomic E-state index is 5.66. The summed E-state index contributed by atoms with van der Waals surface area (Å²) in [5.74, 6) is 1.80. The first kappa shape index (κ1) is 23.0. The Kier molecular flexibility index (Phi) is 12.9. The molecular weight excluding hydrogens is 427 g/mol. The van der Waals surface area contributed by atoms with Crippen molar-refractivity contribution in [2.24, 2.45) is 10.9 Å². The third-order valence-corrected chi connectivity index (χ3v) is 5.07. The van der Waals surface area contributed by atoms with E-state index in [1.165, 1.54) is 44.9 Å². The average Bonchev–Trinajstić information content (AvgIpc) is 3.43. The molecule has 5 nitrogen and oxygen atoms in total. The van der Waals surface area contributed by atoms with Gasteiger partial charge < -0.3 is 20.3 Å². The number of ether oxygens (including phenoxy) is 1. The Hall–Kier alpha value is -0.0800. The van der Waals surface area contributed by atoms with E-state index in [4.69, 9.17) is 4.74 Å². The fraction of sp³-hybridized carbons (Fsp3) is 0.947. The van der Waals surface area contributed by atoms with Crippen LogP contribution in [0.4, 0.5) is 0 Å². The smallest absolute Gasteiger partial charge is 0.191 e. The number of likely N-dealkylation sites (N-methyl/N-ethyl adjacent to an activating group) is 1. The van der Waals surface area contributed by atoms with E-state index in [1.54, 1.807) is 0 Å². The molecule has 2 rings (SSSR count). The van der Waals surface area contributed by atoms with Gasteiger partial charge in [-0.15, -0.1) is 24.0 Å². The summed E-state index contributed by atoms with van der Waals surface area (Å²) in [6.07, 6.45) is 10.7. The minimum absolute atomic E-state index is 0. The van der Waals surface area contributed by atoms with Crippen LogP contribution >= 0.6 is 24.0 Å². The SMILES string of the molecule is CCNC(=NCCCOCC1CC1)NCCN(C)C1CCCCC1.I. The Bertz CT molecular complexity index is 357. The average molecular weight is 466 g/mol. The van der Waals surface area contributed by atoms with E-state index in [1.807, 2.05) is 0 Å². The van der Waals surface area contributed by atoms with Crippen molar-refractivity contribution in [1.82, 2.24) is 15.5 Å². The van der Waals surface area contributed by atoms with Gasteiger partial charge in [-0.05, 0) is 52.0 Å². The van der Waals surface area contributed by atoms with Crippen LogP contribution in [0.1, 0.15) is 58.3 Å². The highest BCUT2D eigenvalue weighted by atomic mass is 127. The minimum Gasteiger partial charge on any atom is -0.381 e. The molecule has 6 heteroatoms. The van der Waals surface area contributed by atoms with Gasteiger partial charge in [0, 0.05) is 45.4 Å². The molecule has 2 aliphatic rings. The highest BCUT2D eigenvalue weighted by molar-refractivity contribution is 14.0. The van der Waals surface area contributed by atoms with Crippen molar-refractivity contribution in [1.29, 1.82) is 0 Å². The third kappa shape index (κ3) is 10.6. The first-order valence-electron chi connectivity index (χ1n) is 10.1. The summed E-state index contributed by atoms with van der Waals surface area (Å²) in [5.41, 5.74) is 0. The van der Waals surface area contributed by atoms with Crippen LogP contribution < -0.4 is 10.6 Å². The largest absolute Gasteiger partial charge is 0.381 e. The normalized spacial score (nSPS) is 18.9. The molecule has 0 aromatic heterocycles. The Balaban J connectivity index is 0.00000312. The van der Waals surface area contributed by atoms with Crippen molar-refractivity contribution in [3.63, 3.8) is 0 Å². The maximum Gasteiger partial charge on any atom is 0.191 e. The first-order valence-corrected chi connectivity index (χ1v) is 10.1. The summed E-state index contributed by atoms with van der Waals surface area (Å²) in [7, 11) is 2.26. The van der Waals surface area contributed by atoms with Crippen molar-refractivity contribution in [3.05, 3.63) is 0 Å². The number of rotatable bonds is 11. The second-order valence-electron chi connectivity index (χ2n) is 7.33. The van der Waals surface area contributed by atoms with Gasteiger partial charge in [-0.3, -0.25) is 4.99 Å².